The zero-order chi connectivity index (χ0) is 20.4. The van der Waals surface area contributed by atoms with Crippen LogP contribution in [0.4, 0.5) is 0 Å². The van der Waals surface area contributed by atoms with Crippen molar-refractivity contribution in [3.8, 4) is 5.75 Å². The molecule has 0 unspecified atom stereocenters. The van der Waals surface area contributed by atoms with Crippen LogP contribution in [0.2, 0.25) is 0 Å². The maximum absolute atomic E-state index is 6.46. The van der Waals surface area contributed by atoms with Crippen molar-refractivity contribution < 1.29 is 9.47 Å². The molecule has 2 heterocycles. The van der Waals surface area contributed by atoms with Crippen LogP contribution < -0.4 is 4.74 Å². The number of hydrogen-bond donors (Lipinski definition) is 0. The molecule has 1 fully saturated rings. The van der Waals surface area contributed by atoms with Crippen molar-refractivity contribution in [1.29, 1.82) is 0 Å². The second-order valence-electron chi connectivity index (χ2n) is 8.15. The van der Waals surface area contributed by atoms with E-state index in [0.717, 1.165) is 33.3 Å². The molecule has 6 heteroatoms. The molecule has 29 heavy (non-hydrogen) atoms. The quantitative estimate of drug-likeness (QED) is 0.534. The number of fused-ring (bicyclic) bond motifs is 1. The number of ether oxygens (including phenoxy) is 2. The average Bonchev–Trinajstić information content (AvgIpc) is 2.71. The van der Waals surface area contributed by atoms with Crippen molar-refractivity contribution >= 4 is 31.9 Å². The third-order valence-corrected chi connectivity index (χ3v) is 6.92. The van der Waals surface area contributed by atoms with Crippen molar-refractivity contribution in [2.75, 3.05) is 33.8 Å². The van der Waals surface area contributed by atoms with Crippen LogP contribution in [-0.4, -0.2) is 55.7 Å². The number of para-hydroxylation sites is 1. The summed E-state index contributed by atoms with van der Waals surface area (Å²) in [5, 5.41) is 0. The molecule has 0 amide bonds. The number of rotatable bonds is 5. The molecule has 0 radical (unpaired) electrons. The van der Waals surface area contributed by atoms with Gasteiger partial charge in [0.25, 0.3) is 0 Å². The van der Waals surface area contributed by atoms with Gasteiger partial charge in [-0.05, 0) is 56.8 Å². The van der Waals surface area contributed by atoms with Crippen LogP contribution >= 0.6 is 31.9 Å². The van der Waals surface area contributed by atoms with E-state index in [9.17, 15) is 0 Å². The third kappa shape index (κ3) is 5.05. The maximum atomic E-state index is 6.46. The molecule has 2 aromatic rings. The van der Waals surface area contributed by atoms with Crippen molar-refractivity contribution in [1.82, 2.24) is 9.80 Å². The van der Waals surface area contributed by atoms with E-state index in [4.69, 9.17) is 9.47 Å². The number of piperidine rings is 1. The fraction of sp³-hybridized carbons (Fsp3) is 0.478. The van der Waals surface area contributed by atoms with Crippen LogP contribution in [0.1, 0.15) is 30.0 Å². The van der Waals surface area contributed by atoms with Crippen molar-refractivity contribution in [3.63, 3.8) is 0 Å². The SMILES string of the molecule is CN(C)C1CCN([C@@H]2c3ccccc3OC[C@H]2OCc2cc(Br)cc(Br)c2)CC1. The number of benzene rings is 2. The van der Waals surface area contributed by atoms with Crippen LogP contribution in [0.25, 0.3) is 0 Å². The van der Waals surface area contributed by atoms with Crippen molar-refractivity contribution in [3.05, 3.63) is 62.5 Å². The minimum Gasteiger partial charge on any atom is -0.490 e. The molecule has 1 saturated heterocycles. The first-order chi connectivity index (χ1) is 14.0. The summed E-state index contributed by atoms with van der Waals surface area (Å²) in [5.41, 5.74) is 2.40. The Bertz CT molecular complexity index is 817. The molecule has 0 spiro atoms. The Hall–Kier alpha value is -0.920. The number of hydrogen-bond acceptors (Lipinski definition) is 4. The molecule has 2 aliphatic rings. The first-order valence-electron chi connectivity index (χ1n) is 10.2. The Labute approximate surface area is 190 Å². The predicted octanol–water partition coefficient (Wildman–Crippen LogP) is 5.26. The van der Waals surface area contributed by atoms with Gasteiger partial charge in [0, 0.05) is 33.6 Å². The molecular formula is C23H28Br2N2O2. The molecule has 2 atom stereocenters. The minimum absolute atomic E-state index is 0.0126. The van der Waals surface area contributed by atoms with Gasteiger partial charge in [-0.25, -0.2) is 0 Å². The lowest BCUT2D eigenvalue weighted by Crippen LogP contribution is -2.49. The second-order valence-corrected chi connectivity index (χ2v) is 9.98. The predicted molar refractivity (Wildman–Crippen MR) is 123 cm³/mol. The van der Waals surface area contributed by atoms with E-state index in [1.807, 2.05) is 12.1 Å². The summed E-state index contributed by atoms with van der Waals surface area (Å²) in [6.07, 6.45) is 2.40. The molecular weight excluding hydrogens is 496 g/mol. The van der Waals surface area contributed by atoms with Crippen LogP contribution in [0, 0.1) is 0 Å². The summed E-state index contributed by atoms with van der Waals surface area (Å²) in [7, 11) is 4.37. The second kappa shape index (κ2) is 9.48. The lowest BCUT2D eigenvalue weighted by molar-refractivity contribution is -0.0667. The first kappa shape index (κ1) is 21.3. The van der Waals surface area contributed by atoms with E-state index < -0.39 is 0 Å². The summed E-state index contributed by atoms with van der Waals surface area (Å²) in [4.78, 5) is 4.96. The van der Waals surface area contributed by atoms with Gasteiger partial charge in [-0.15, -0.1) is 0 Å². The van der Waals surface area contributed by atoms with E-state index in [2.05, 4.69) is 86.1 Å². The highest BCUT2D eigenvalue weighted by atomic mass is 79.9. The van der Waals surface area contributed by atoms with Crippen LogP contribution in [0.15, 0.2) is 51.4 Å². The van der Waals surface area contributed by atoms with E-state index >= 15 is 0 Å². The van der Waals surface area contributed by atoms with Gasteiger partial charge in [0.15, 0.2) is 0 Å². The normalized spacial score (nSPS) is 23.1. The fourth-order valence-electron chi connectivity index (χ4n) is 4.47. The highest BCUT2D eigenvalue weighted by Gasteiger charge is 2.37. The van der Waals surface area contributed by atoms with Crippen molar-refractivity contribution in [2.24, 2.45) is 0 Å². The fourth-order valence-corrected chi connectivity index (χ4v) is 5.86. The Morgan fingerprint density at radius 3 is 2.45 bits per heavy atom. The van der Waals surface area contributed by atoms with Gasteiger partial charge < -0.3 is 14.4 Å². The number of halogens is 2. The first-order valence-corrected chi connectivity index (χ1v) is 11.8. The van der Waals surface area contributed by atoms with Gasteiger partial charge in [-0.1, -0.05) is 50.1 Å². The Kier molecular flexibility index (Phi) is 6.97. The monoisotopic (exact) mass is 522 g/mol. The molecule has 0 saturated carbocycles. The van der Waals surface area contributed by atoms with E-state index in [-0.39, 0.29) is 12.1 Å². The lowest BCUT2D eigenvalue weighted by atomic mass is 9.93. The molecule has 0 N–H and O–H groups in total. The Balaban J connectivity index is 1.52. The third-order valence-electron chi connectivity index (χ3n) is 6.00. The topological polar surface area (TPSA) is 24.9 Å². The zero-order valence-corrected chi connectivity index (χ0v) is 20.2. The summed E-state index contributed by atoms with van der Waals surface area (Å²) in [6, 6.07) is 15.6. The molecule has 4 nitrogen and oxygen atoms in total. The van der Waals surface area contributed by atoms with Crippen LogP contribution in [0.3, 0.4) is 0 Å². The van der Waals surface area contributed by atoms with Gasteiger partial charge in [-0.2, -0.15) is 0 Å². The molecule has 0 aromatic heterocycles. The van der Waals surface area contributed by atoms with Gasteiger partial charge in [0.2, 0.25) is 0 Å². The number of nitrogens with zero attached hydrogens (tertiary/aromatic N) is 2. The van der Waals surface area contributed by atoms with Crippen LogP contribution in [0.5, 0.6) is 5.75 Å². The van der Waals surface area contributed by atoms with Crippen molar-refractivity contribution in [2.45, 2.75) is 37.6 Å². The van der Waals surface area contributed by atoms with Gasteiger partial charge in [0.1, 0.15) is 18.5 Å². The largest absolute Gasteiger partial charge is 0.490 e. The minimum atomic E-state index is 0.0126. The summed E-state index contributed by atoms with van der Waals surface area (Å²) in [6.45, 7) is 3.33. The standard InChI is InChI=1S/C23H28Br2N2O2/c1-26(2)19-7-9-27(10-8-19)23-20-5-3-4-6-21(20)29-15-22(23)28-14-16-11-17(24)13-18(25)12-16/h3-6,11-13,19,22-23H,7-10,14-15H2,1-2H3/t22-,23-/m1/s1. The van der Waals surface area contributed by atoms with Gasteiger partial charge >= 0.3 is 0 Å². The molecule has 0 bridgehead atoms. The molecule has 156 valence electrons. The Morgan fingerprint density at radius 2 is 1.76 bits per heavy atom. The summed E-state index contributed by atoms with van der Waals surface area (Å²) < 4.78 is 14.6. The summed E-state index contributed by atoms with van der Waals surface area (Å²) in [5.74, 6) is 0.997. The van der Waals surface area contributed by atoms with E-state index in [0.29, 0.717) is 19.3 Å². The maximum Gasteiger partial charge on any atom is 0.124 e. The van der Waals surface area contributed by atoms with Gasteiger partial charge in [0.05, 0.1) is 12.6 Å². The molecule has 4 rings (SSSR count). The smallest absolute Gasteiger partial charge is 0.124 e. The zero-order valence-electron chi connectivity index (χ0n) is 17.0. The van der Waals surface area contributed by atoms with Crippen LogP contribution in [-0.2, 0) is 11.3 Å². The highest BCUT2D eigenvalue weighted by Crippen LogP contribution is 2.39. The highest BCUT2D eigenvalue weighted by molar-refractivity contribution is 9.11. The molecule has 2 aromatic carbocycles. The lowest BCUT2D eigenvalue weighted by Gasteiger charge is -2.44. The summed E-state index contributed by atoms with van der Waals surface area (Å²) >= 11 is 7.14. The molecule has 0 aliphatic carbocycles. The number of likely N-dealkylation sites (tertiary alicyclic amines) is 1. The van der Waals surface area contributed by atoms with E-state index in [1.54, 1.807) is 0 Å². The van der Waals surface area contributed by atoms with E-state index in [1.165, 1.54) is 18.4 Å². The van der Waals surface area contributed by atoms with Gasteiger partial charge in [-0.3, -0.25) is 4.90 Å². The average molecular weight is 524 g/mol. The Morgan fingerprint density at radius 1 is 1.07 bits per heavy atom. The molecule has 2 aliphatic heterocycles.